The molecule has 0 saturated heterocycles. The molecule has 0 spiro atoms. The molecular weight excluding hydrogens is 396 g/mol. The lowest BCUT2D eigenvalue weighted by Crippen LogP contribution is -2.30. The SMILES string of the molecule is C[C@H](NCC(=O)Nc1ccc(Br)cc1)c1ccccc1Br. The number of amides is 1. The van der Waals surface area contributed by atoms with E-state index in [0.29, 0.717) is 0 Å². The second kappa shape index (κ2) is 7.73. The summed E-state index contributed by atoms with van der Waals surface area (Å²) in [6.07, 6.45) is 0. The summed E-state index contributed by atoms with van der Waals surface area (Å²) in [5, 5.41) is 6.08. The third kappa shape index (κ3) is 4.95. The molecule has 0 heterocycles. The van der Waals surface area contributed by atoms with E-state index >= 15 is 0 Å². The fourth-order valence-corrected chi connectivity index (χ4v) is 2.81. The van der Waals surface area contributed by atoms with Crippen LogP contribution in [0.4, 0.5) is 5.69 Å². The minimum absolute atomic E-state index is 0.0590. The molecule has 0 aromatic heterocycles. The third-order valence-corrected chi connectivity index (χ3v) is 4.32. The van der Waals surface area contributed by atoms with Crippen molar-refractivity contribution in [3.05, 3.63) is 63.0 Å². The zero-order valence-corrected chi connectivity index (χ0v) is 14.7. The van der Waals surface area contributed by atoms with Gasteiger partial charge in [-0.2, -0.15) is 0 Å². The number of carbonyl (C=O) groups is 1. The Hall–Kier alpha value is -1.17. The van der Waals surface area contributed by atoms with Crippen LogP contribution in [-0.4, -0.2) is 12.5 Å². The first kappa shape index (κ1) is 16.2. The topological polar surface area (TPSA) is 41.1 Å². The molecule has 21 heavy (non-hydrogen) atoms. The molecule has 2 aromatic rings. The number of halogens is 2. The van der Waals surface area contributed by atoms with Gasteiger partial charge in [0.15, 0.2) is 0 Å². The highest BCUT2D eigenvalue weighted by Crippen LogP contribution is 2.22. The van der Waals surface area contributed by atoms with Crippen molar-refractivity contribution in [1.82, 2.24) is 5.32 Å². The molecule has 1 atom stereocenters. The molecule has 5 heteroatoms. The van der Waals surface area contributed by atoms with E-state index in [4.69, 9.17) is 0 Å². The zero-order valence-electron chi connectivity index (χ0n) is 11.6. The second-order valence-electron chi connectivity index (χ2n) is 4.68. The Balaban J connectivity index is 1.86. The molecule has 110 valence electrons. The van der Waals surface area contributed by atoms with Gasteiger partial charge in [-0.15, -0.1) is 0 Å². The van der Waals surface area contributed by atoms with Crippen molar-refractivity contribution in [2.24, 2.45) is 0 Å². The summed E-state index contributed by atoms with van der Waals surface area (Å²) < 4.78 is 2.03. The summed E-state index contributed by atoms with van der Waals surface area (Å²) in [5.74, 6) is -0.0590. The van der Waals surface area contributed by atoms with Gasteiger partial charge in [-0.1, -0.05) is 50.1 Å². The highest BCUT2D eigenvalue weighted by atomic mass is 79.9. The quantitative estimate of drug-likeness (QED) is 0.760. The lowest BCUT2D eigenvalue weighted by atomic mass is 10.1. The number of carbonyl (C=O) groups excluding carboxylic acids is 1. The van der Waals surface area contributed by atoms with E-state index in [-0.39, 0.29) is 18.5 Å². The van der Waals surface area contributed by atoms with Crippen LogP contribution in [0.5, 0.6) is 0 Å². The molecule has 0 aliphatic heterocycles. The molecule has 2 N–H and O–H groups in total. The smallest absolute Gasteiger partial charge is 0.238 e. The lowest BCUT2D eigenvalue weighted by molar-refractivity contribution is -0.115. The van der Waals surface area contributed by atoms with Gasteiger partial charge in [-0.05, 0) is 42.8 Å². The predicted molar refractivity (Wildman–Crippen MR) is 93.3 cm³/mol. The largest absolute Gasteiger partial charge is 0.325 e. The van der Waals surface area contributed by atoms with Crippen molar-refractivity contribution >= 4 is 43.5 Å². The molecule has 0 fully saturated rings. The van der Waals surface area contributed by atoms with Crippen LogP contribution in [0.25, 0.3) is 0 Å². The van der Waals surface area contributed by atoms with E-state index in [9.17, 15) is 4.79 Å². The minimum Gasteiger partial charge on any atom is -0.325 e. The number of rotatable bonds is 5. The number of nitrogens with one attached hydrogen (secondary N) is 2. The van der Waals surface area contributed by atoms with Crippen molar-refractivity contribution in [2.75, 3.05) is 11.9 Å². The first-order chi connectivity index (χ1) is 10.1. The predicted octanol–water partition coefficient (Wildman–Crippen LogP) is 4.50. The average Bonchev–Trinajstić information content (AvgIpc) is 2.48. The van der Waals surface area contributed by atoms with Gasteiger partial charge in [-0.3, -0.25) is 4.79 Å². The van der Waals surface area contributed by atoms with Crippen molar-refractivity contribution in [3.8, 4) is 0 Å². The average molecular weight is 412 g/mol. The van der Waals surface area contributed by atoms with Crippen LogP contribution >= 0.6 is 31.9 Å². The summed E-state index contributed by atoms with van der Waals surface area (Å²) in [5.41, 5.74) is 1.92. The molecule has 0 bridgehead atoms. The molecule has 1 amide bonds. The maximum absolute atomic E-state index is 11.9. The third-order valence-electron chi connectivity index (χ3n) is 3.07. The number of hydrogen-bond acceptors (Lipinski definition) is 2. The van der Waals surface area contributed by atoms with E-state index in [1.165, 1.54) is 0 Å². The van der Waals surface area contributed by atoms with Gasteiger partial charge in [0.05, 0.1) is 6.54 Å². The van der Waals surface area contributed by atoms with Crippen molar-refractivity contribution in [2.45, 2.75) is 13.0 Å². The van der Waals surface area contributed by atoms with Gasteiger partial charge < -0.3 is 10.6 Å². The minimum atomic E-state index is -0.0590. The van der Waals surface area contributed by atoms with E-state index in [1.54, 1.807) is 0 Å². The summed E-state index contributed by atoms with van der Waals surface area (Å²) >= 11 is 6.88. The highest BCUT2D eigenvalue weighted by molar-refractivity contribution is 9.10. The van der Waals surface area contributed by atoms with Crippen LogP contribution in [0.2, 0.25) is 0 Å². The van der Waals surface area contributed by atoms with Crippen LogP contribution in [0.3, 0.4) is 0 Å². The molecule has 2 aromatic carbocycles. The number of hydrogen-bond donors (Lipinski definition) is 2. The summed E-state index contributed by atoms with van der Waals surface area (Å²) in [6.45, 7) is 2.30. The van der Waals surface area contributed by atoms with Gasteiger partial charge in [0.25, 0.3) is 0 Å². The first-order valence-electron chi connectivity index (χ1n) is 6.59. The molecule has 0 unspecified atom stereocenters. The molecule has 0 aliphatic rings. The van der Waals surface area contributed by atoms with Crippen LogP contribution in [0.15, 0.2) is 57.5 Å². The molecule has 0 radical (unpaired) electrons. The summed E-state index contributed by atoms with van der Waals surface area (Å²) in [4.78, 5) is 11.9. The highest BCUT2D eigenvalue weighted by Gasteiger charge is 2.10. The van der Waals surface area contributed by atoms with Crippen LogP contribution in [0, 0.1) is 0 Å². The summed E-state index contributed by atoms with van der Waals surface area (Å²) in [6, 6.07) is 15.6. The maximum Gasteiger partial charge on any atom is 0.238 e. The van der Waals surface area contributed by atoms with Gasteiger partial charge in [0, 0.05) is 20.7 Å². The monoisotopic (exact) mass is 410 g/mol. The fourth-order valence-electron chi connectivity index (χ4n) is 1.92. The number of anilines is 1. The molecule has 0 saturated carbocycles. The Bertz CT molecular complexity index is 614. The zero-order chi connectivity index (χ0) is 15.2. The van der Waals surface area contributed by atoms with Crippen molar-refractivity contribution in [3.63, 3.8) is 0 Å². The van der Waals surface area contributed by atoms with Gasteiger partial charge >= 0.3 is 0 Å². The van der Waals surface area contributed by atoms with Crippen LogP contribution in [-0.2, 0) is 4.79 Å². The number of benzene rings is 2. The normalized spacial score (nSPS) is 12.0. The van der Waals surface area contributed by atoms with Gasteiger partial charge in [0.1, 0.15) is 0 Å². The van der Waals surface area contributed by atoms with Gasteiger partial charge in [-0.25, -0.2) is 0 Å². The van der Waals surface area contributed by atoms with E-state index in [0.717, 1.165) is 20.2 Å². The Morgan fingerprint density at radius 1 is 1.10 bits per heavy atom. The Labute approximate surface area is 141 Å². The van der Waals surface area contributed by atoms with E-state index < -0.39 is 0 Å². The van der Waals surface area contributed by atoms with Gasteiger partial charge in [0.2, 0.25) is 5.91 Å². The Kier molecular flexibility index (Phi) is 5.96. The van der Waals surface area contributed by atoms with Crippen molar-refractivity contribution < 1.29 is 4.79 Å². The first-order valence-corrected chi connectivity index (χ1v) is 8.18. The van der Waals surface area contributed by atoms with E-state index in [2.05, 4.69) is 42.5 Å². The van der Waals surface area contributed by atoms with Crippen molar-refractivity contribution in [1.29, 1.82) is 0 Å². The van der Waals surface area contributed by atoms with Crippen LogP contribution in [0.1, 0.15) is 18.5 Å². The lowest BCUT2D eigenvalue weighted by Gasteiger charge is -2.15. The molecule has 2 rings (SSSR count). The standard InChI is InChI=1S/C16H16Br2N2O/c1-11(14-4-2-3-5-15(14)18)19-10-16(21)20-13-8-6-12(17)7-9-13/h2-9,11,19H,10H2,1H3,(H,20,21)/t11-/m0/s1. The fraction of sp³-hybridized carbons (Fsp3) is 0.188. The second-order valence-corrected chi connectivity index (χ2v) is 6.45. The molecular formula is C16H16Br2N2O. The molecule has 0 aliphatic carbocycles. The Morgan fingerprint density at radius 3 is 2.43 bits per heavy atom. The van der Waals surface area contributed by atoms with Crippen LogP contribution < -0.4 is 10.6 Å². The Morgan fingerprint density at radius 2 is 1.76 bits per heavy atom. The maximum atomic E-state index is 11.9. The molecule has 3 nitrogen and oxygen atoms in total. The summed E-state index contributed by atoms with van der Waals surface area (Å²) in [7, 11) is 0. The van der Waals surface area contributed by atoms with E-state index in [1.807, 2.05) is 55.5 Å².